The van der Waals surface area contributed by atoms with Crippen molar-refractivity contribution in [3.05, 3.63) is 83.6 Å². The van der Waals surface area contributed by atoms with Crippen molar-refractivity contribution in [3.63, 3.8) is 0 Å². The molecule has 1 aromatic heterocycles. The maximum absolute atomic E-state index is 12.7. The maximum atomic E-state index is 12.7. The van der Waals surface area contributed by atoms with Crippen molar-refractivity contribution >= 4 is 28.5 Å². The van der Waals surface area contributed by atoms with Gasteiger partial charge in [0.15, 0.2) is 0 Å². The third-order valence-corrected chi connectivity index (χ3v) is 5.20. The number of carbonyl (C=O) groups is 2. The Labute approximate surface area is 179 Å². The lowest BCUT2D eigenvalue weighted by atomic mass is 10.0. The van der Waals surface area contributed by atoms with Gasteiger partial charge in [-0.15, -0.1) is 0 Å². The average molecular weight is 414 g/mol. The largest absolute Gasteiger partial charge is 0.497 e. The maximum Gasteiger partial charge on any atom is 0.337 e. The van der Waals surface area contributed by atoms with Gasteiger partial charge in [-0.25, -0.2) is 4.79 Å². The first kappa shape index (κ1) is 20.2. The Morgan fingerprint density at radius 3 is 2.61 bits per heavy atom. The fourth-order valence-corrected chi connectivity index (χ4v) is 3.62. The first-order valence-electron chi connectivity index (χ1n) is 9.83. The van der Waals surface area contributed by atoms with E-state index in [1.807, 2.05) is 55.6 Å². The Hall–Kier alpha value is -4.06. The normalized spacial score (nSPS) is 10.8. The SMILES string of the molecule is COc1cccc(-c2ccc3[nH]cc(CC(=O)Nc4cc(C)ccc4C(=O)O)c3c2)c1. The number of anilines is 1. The van der Waals surface area contributed by atoms with Crippen molar-refractivity contribution in [3.8, 4) is 16.9 Å². The Morgan fingerprint density at radius 2 is 1.84 bits per heavy atom. The minimum atomic E-state index is -1.08. The lowest BCUT2D eigenvalue weighted by Gasteiger charge is -2.10. The number of nitrogens with one attached hydrogen (secondary N) is 2. The van der Waals surface area contributed by atoms with Crippen molar-refractivity contribution in [2.75, 3.05) is 12.4 Å². The van der Waals surface area contributed by atoms with Crippen LogP contribution in [0.5, 0.6) is 5.75 Å². The average Bonchev–Trinajstić information content (AvgIpc) is 3.15. The van der Waals surface area contributed by atoms with Gasteiger partial charge in [0.25, 0.3) is 0 Å². The molecule has 0 radical (unpaired) electrons. The molecule has 0 atom stereocenters. The molecule has 6 heteroatoms. The molecular formula is C25H22N2O4. The predicted molar refractivity (Wildman–Crippen MR) is 121 cm³/mol. The van der Waals surface area contributed by atoms with Gasteiger partial charge in [0.05, 0.1) is 24.8 Å². The van der Waals surface area contributed by atoms with Crippen molar-refractivity contribution in [2.45, 2.75) is 13.3 Å². The van der Waals surface area contributed by atoms with Gasteiger partial charge < -0.3 is 20.1 Å². The van der Waals surface area contributed by atoms with Gasteiger partial charge >= 0.3 is 5.97 Å². The number of amides is 1. The highest BCUT2D eigenvalue weighted by Crippen LogP contribution is 2.29. The molecule has 31 heavy (non-hydrogen) atoms. The molecule has 4 aromatic rings. The zero-order chi connectivity index (χ0) is 22.0. The van der Waals surface area contributed by atoms with Gasteiger partial charge in [-0.3, -0.25) is 4.79 Å². The fraction of sp³-hybridized carbons (Fsp3) is 0.120. The van der Waals surface area contributed by atoms with Crippen LogP contribution in [0.3, 0.4) is 0 Å². The van der Waals surface area contributed by atoms with E-state index in [2.05, 4.69) is 10.3 Å². The van der Waals surface area contributed by atoms with Crippen LogP contribution in [-0.2, 0) is 11.2 Å². The van der Waals surface area contributed by atoms with E-state index in [1.165, 1.54) is 6.07 Å². The zero-order valence-corrected chi connectivity index (χ0v) is 17.2. The summed E-state index contributed by atoms with van der Waals surface area (Å²) in [5.41, 5.74) is 5.03. The van der Waals surface area contributed by atoms with E-state index in [1.54, 1.807) is 19.2 Å². The smallest absolute Gasteiger partial charge is 0.337 e. The molecule has 6 nitrogen and oxygen atoms in total. The number of carboxylic acid groups (broad SMARTS) is 1. The number of fused-ring (bicyclic) bond motifs is 1. The summed E-state index contributed by atoms with van der Waals surface area (Å²) in [6, 6.07) is 18.7. The summed E-state index contributed by atoms with van der Waals surface area (Å²) in [5.74, 6) is -0.579. The number of benzene rings is 3. The third-order valence-electron chi connectivity index (χ3n) is 5.20. The van der Waals surface area contributed by atoms with Crippen LogP contribution in [0.2, 0.25) is 0 Å². The Kier molecular flexibility index (Phi) is 5.45. The van der Waals surface area contributed by atoms with Crippen molar-refractivity contribution in [1.82, 2.24) is 4.98 Å². The molecule has 0 aliphatic rings. The van der Waals surface area contributed by atoms with E-state index in [4.69, 9.17) is 4.74 Å². The number of hydrogen-bond acceptors (Lipinski definition) is 3. The van der Waals surface area contributed by atoms with Crippen molar-refractivity contribution < 1.29 is 19.4 Å². The molecule has 0 bridgehead atoms. The van der Waals surface area contributed by atoms with Crippen LogP contribution in [0.1, 0.15) is 21.5 Å². The van der Waals surface area contributed by atoms with Crippen LogP contribution in [0.15, 0.2) is 66.9 Å². The summed E-state index contributed by atoms with van der Waals surface area (Å²) in [5, 5.41) is 13.1. The molecule has 0 saturated heterocycles. The van der Waals surface area contributed by atoms with Crippen LogP contribution < -0.4 is 10.1 Å². The van der Waals surface area contributed by atoms with Crippen molar-refractivity contribution in [1.29, 1.82) is 0 Å². The number of carbonyl (C=O) groups excluding carboxylic acids is 1. The lowest BCUT2D eigenvalue weighted by Crippen LogP contribution is -2.16. The van der Waals surface area contributed by atoms with Crippen LogP contribution in [0.25, 0.3) is 22.0 Å². The van der Waals surface area contributed by atoms with Gasteiger partial charge in [-0.05, 0) is 65.6 Å². The molecule has 4 rings (SSSR count). The number of rotatable bonds is 6. The second-order valence-electron chi connectivity index (χ2n) is 7.39. The van der Waals surface area contributed by atoms with E-state index in [0.29, 0.717) is 5.69 Å². The molecular weight excluding hydrogens is 392 g/mol. The molecule has 0 spiro atoms. The number of hydrogen-bond donors (Lipinski definition) is 3. The monoisotopic (exact) mass is 414 g/mol. The highest BCUT2D eigenvalue weighted by molar-refractivity contribution is 6.02. The quantitative estimate of drug-likeness (QED) is 0.413. The van der Waals surface area contributed by atoms with Gasteiger partial charge in [0, 0.05) is 17.1 Å². The van der Waals surface area contributed by atoms with Crippen molar-refractivity contribution in [2.24, 2.45) is 0 Å². The number of H-pyrrole nitrogens is 1. The van der Waals surface area contributed by atoms with E-state index in [-0.39, 0.29) is 17.9 Å². The number of carboxylic acids is 1. The predicted octanol–water partition coefficient (Wildman–Crippen LogP) is 5.03. The molecule has 0 aliphatic heterocycles. The minimum absolute atomic E-state index is 0.0678. The molecule has 0 saturated carbocycles. The summed E-state index contributed by atoms with van der Waals surface area (Å²) >= 11 is 0. The van der Waals surface area contributed by atoms with Gasteiger partial charge in [-0.2, -0.15) is 0 Å². The Bertz CT molecular complexity index is 1290. The number of ether oxygens (including phenoxy) is 1. The van der Waals surface area contributed by atoms with Gasteiger partial charge in [0.2, 0.25) is 5.91 Å². The highest BCUT2D eigenvalue weighted by Gasteiger charge is 2.15. The number of aromatic nitrogens is 1. The molecule has 3 N–H and O–H groups in total. The second kappa shape index (κ2) is 8.36. The zero-order valence-electron chi connectivity index (χ0n) is 17.2. The van der Waals surface area contributed by atoms with Crippen LogP contribution in [0, 0.1) is 6.92 Å². The van der Waals surface area contributed by atoms with Gasteiger partial charge in [0.1, 0.15) is 5.75 Å². The Balaban J connectivity index is 1.61. The number of methoxy groups -OCH3 is 1. The standard InChI is InChI=1S/C25H22N2O4/c1-15-6-8-20(25(29)30)23(10-15)27-24(28)13-18-14-26-22-9-7-17(12-21(18)22)16-4-3-5-19(11-16)31-2/h3-12,14,26H,13H2,1-2H3,(H,27,28)(H,29,30). The molecule has 156 valence electrons. The summed E-state index contributed by atoms with van der Waals surface area (Å²) in [6.07, 6.45) is 1.93. The van der Waals surface area contributed by atoms with E-state index < -0.39 is 5.97 Å². The highest BCUT2D eigenvalue weighted by atomic mass is 16.5. The Morgan fingerprint density at radius 1 is 1.03 bits per heavy atom. The minimum Gasteiger partial charge on any atom is -0.497 e. The molecule has 3 aromatic carbocycles. The van der Waals surface area contributed by atoms with E-state index in [0.717, 1.165) is 38.9 Å². The summed E-state index contributed by atoms with van der Waals surface area (Å²) in [6.45, 7) is 1.85. The van der Waals surface area contributed by atoms with E-state index in [9.17, 15) is 14.7 Å². The summed E-state index contributed by atoms with van der Waals surface area (Å²) in [7, 11) is 1.63. The second-order valence-corrected chi connectivity index (χ2v) is 7.39. The fourth-order valence-electron chi connectivity index (χ4n) is 3.62. The van der Waals surface area contributed by atoms with Crippen LogP contribution >= 0.6 is 0 Å². The third kappa shape index (κ3) is 4.28. The number of aryl methyl sites for hydroxylation is 1. The lowest BCUT2D eigenvalue weighted by molar-refractivity contribution is -0.115. The first-order chi connectivity index (χ1) is 14.9. The van der Waals surface area contributed by atoms with Crippen LogP contribution in [0.4, 0.5) is 5.69 Å². The number of aromatic amines is 1. The first-order valence-corrected chi connectivity index (χ1v) is 9.83. The van der Waals surface area contributed by atoms with E-state index >= 15 is 0 Å². The summed E-state index contributed by atoms with van der Waals surface area (Å²) in [4.78, 5) is 27.4. The molecule has 1 amide bonds. The molecule has 0 fully saturated rings. The summed E-state index contributed by atoms with van der Waals surface area (Å²) < 4.78 is 5.32. The molecule has 1 heterocycles. The van der Waals surface area contributed by atoms with Crippen LogP contribution in [-0.4, -0.2) is 29.1 Å². The number of aromatic carboxylic acids is 1. The molecule has 0 aliphatic carbocycles. The van der Waals surface area contributed by atoms with Gasteiger partial charge in [-0.1, -0.05) is 24.3 Å². The molecule has 0 unspecified atom stereocenters. The topological polar surface area (TPSA) is 91.4 Å².